The van der Waals surface area contributed by atoms with Crippen molar-refractivity contribution in [1.29, 1.82) is 0 Å². The molecule has 4 heterocycles. The summed E-state index contributed by atoms with van der Waals surface area (Å²) >= 11 is 6.43. The summed E-state index contributed by atoms with van der Waals surface area (Å²) in [4.78, 5) is 8.92. The first-order chi connectivity index (χ1) is 13.2. The topological polar surface area (TPSA) is 94.3 Å². The zero-order valence-corrected chi connectivity index (χ0v) is 16.0. The molecule has 1 fully saturated rings. The number of rotatable bonds is 4. The maximum Gasteiger partial charge on any atom is 0.223 e. The first kappa shape index (κ1) is 18.6. The van der Waals surface area contributed by atoms with Gasteiger partial charge in [-0.2, -0.15) is 5.10 Å². The van der Waals surface area contributed by atoms with Crippen molar-refractivity contribution in [2.24, 2.45) is 0 Å². The van der Waals surface area contributed by atoms with Crippen molar-refractivity contribution in [1.82, 2.24) is 19.7 Å². The third-order valence-corrected chi connectivity index (χ3v) is 5.47. The van der Waals surface area contributed by atoms with Crippen molar-refractivity contribution in [2.75, 3.05) is 25.6 Å². The fourth-order valence-corrected chi connectivity index (χ4v) is 3.93. The van der Waals surface area contributed by atoms with Gasteiger partial charge in [0.05, 0.1) is 53.7 Å². The Morgan fingerprint density at radius 1 is 1.33 bits per heavy atom. The summed E-state index contributed by atoms with van der Waals surface area (Å²) in [5, 5.41) is 18.3. The molecule has 9 heteroatoms. The molecule has 2 N–H and O–H groups in total. The lowest BCUT2D eigenvalue weighted by Gasteiger charge is -2.28. The van der Waals surface area contributed by atoms with E-state index in [1.165, 1.54) is 0 Å². The molecular formula is C18H24ClN5O3. The van der Waals surface area contributed by atoms with Crippen LogP contribution in [0.25, 0.3) is 11.3 Å². The first-order valence-corrected chi connectivity index (χ1v) is 9.69. The number of nitrogens with one attached hydrogen (secondary N) is 1. The van der Waals surface area contributed by atoms with Gasteiger partial charge in [-0.1, -0.05) is 11.6 Å². The quantitative estimate of drug-likeness (QED) is 0.823. The Balaban J connectivity index is 1.67. The highest BCUT2D eigenvalue weighted by molar-refractivity contribution is 6.32. The lowest BCUT2D eigenvalue weighted by atomic mass is 10.0. The summed E-state index contributed by atoms with van der Waals surface area (Å²) in [5.41, 5.74) is 2.50. The van der Waals surface area contributed by atoms with Gasteiger partial charge < -0.3 is 19.9 Å². The van der Waals surface area contributed by atoms with Crippen molar-refractivity contribution >= 4 is 17.5 Å². The van der Waals surface area contributed by atoms with E-state index in [1.54, 1.807) is 19.5 Å². The zero-order chi connectivity index (χ0) is 18.8. The van der Waals surface area contributed by atoms with E-state index in [0.29, 0.717) is 36.3 Å². The maximum atomic E-state index is 10.1. The number of aryl methyl sites for hydroxylation is 1. The van der Waals surface area contributed by atoms with Crippen molar-refractivity contribution in [2.45, 2.75) is 50.5 Å². The van der Waals surface area contributed by atoms with Gasteiger partial charge in [-0.05, 0) is 25.7 Å². The molecule has 0 radical (unpaired) electrons. The van der Waals surface area contributed by atoms with Crippen LogP contribution >= 0.6 is 11.6 Å². The van der Waals surface area contributed by atoms with Gasteiger partial charge in [0.15, 0.2) is 0 Å². The summed E-state index contributed by atoms with van der Waals surface area (Å²) in [7, 11) is 1.72. The van der Waals surface area contributed by atoms with Crippen LogP contribution in [0, 0.1) is 0 Å². The third kappa shape index (κ3) is 3.80. The second-order valence-corrected chi connectivity index (χ2v) is 7.37. The number of aliphatic hydroxyl groups is 1. The van der Waals surface area contributed by atoms with Crippen LogP contribution < -0.4 is 5.32 Å². The fraction of sp³-hybridized carbons (Fsp3) is 0.611. The Morgan fingerprint density at radius 3 is 3.04 bits per heavy atom. The number of aromatic nitrogens is 4. The molecule has 2 aliphatic rings. The number of anilines is 1. The highest BCUT2D eigenvalue weighted by Gasteiger charge is 2.27. The highest BCUT2D eigenvalue weighted by Crippen LogP contribution is 2.37. The molecule has 0 saturated carbocycles. The smallest absolute Gasteiger partial charge is 0.223 e. The maximum absolute atomic E-state index is 10.1. The Hall–Kier alpha value is -1.74. The molecule has 0 aromatic carbocycles. The van der Waals surface area contributed by atoms with E-state index in [4.69, 9.17) is 21.1 Å². The Labute approximate surface area is 162 Å². The van der Waals surface area contributed by atoms with Gasteiger partial charge in [-0.15, -0.1) is 0 Å². The number of methoxy groups -OCH3 is 1. The van der Waals surface area contributed by atoms with Crippen LogP contribution in [-0.4, -0.2) is 57.3 Å². The van der Waals surface area contributed by atoms with Crippen LogP contribution in [0.1, 0.15) is 37.5 Å². The van der Waals surface area contributed by atoms with E-state index in [0.717, 1.165) is 37.1 Å². The van der Waals surface area contributed by atoms with Gasteiger partial charge in [0, 0.05) is 25.8 Å². The lowest BCUT2D eigenvalue weighted by molar-refractivity contribution is -0.0136. The predicted octanol–water partition coefficient (Wildman–Crippen LogP) is 2.43. The van der Waals surface area contributed by atoms with Gasteiger partial charge in [-0.3, -0.25) is 4.68 Å². The van der Waals surface area contributed by atoms with E-state index in [1.807, 2.05) is 4.68 Å². The number of hydrogen-bond donors (Lipinski definition) is 2. The Morgan fingerprint density at radius 2 is 2.22 bits per heavy atom. The van der Waals surface area contributed by atoms with Crippen LogP contribution in [0.3, 0.4) is 0 Å². The number of fused-ring (bicyclic) bond motifs is 1. The van der Waals surface area contributed by atoms with Gasteiger partial charge >= 0.3 is 0 Å². The summed E-state index contributed by atoms with van der Waals surface area (Å²) < 4.78 is 13.0. The number of ether oxygens (including phenoxy) is 2. The van der Waals surface area contributed by atoms with Gasteiger partial charge in [-0.25, -0.2) is 9.97 Å². The van der Waals surface area contributed by atoms with Crippen molar-refractivity contribution < 1.29 is 14.6 Å². The predicted molar refractivity (Wildman–Crippen MR) is 101 cm³/mol. The van der Waals surface area contributed by atoms with E-state index in [2.05, 4.69) is 20.4 Å². The second-order valence-electron chi connectivity index (χ2n) is 6.96. The second kappa shape index (κ2) is 8.10. The number of nitrogens with zero attached hydrogens (tertiary/aromatic N) is 4. The van der Waals surface area contributed by atoms with Crippen molar-refractivity contribution in [3.05, 3.63) is 23.1 Å². The van der Waals surface area contributed by atoms with Crippen molar-refractivity contribution in [3.63, 3.8) is 0 Å². The zero-order valence-electron chi connectivity index (χ0n) is 15.3. The Kier molecular flexibility index (Phi) is 5.58. The summed E-state index contributed by atoms with van der Waals surface area (Å²) in [6, 6.07) is -0.149. The molecule has 0 aliphatic carbocycles. The molecule has 0 amide bonds. The molecule has 3 atom stereocenters. The molecule has 4 rings (SSSR count). The SMILES string of the molecule is CO[C@@H]1CCCCn2ncc(-c3nc(N[C@@H]4CCOC[C@H]4O)ncc3Cl)c21. The Bertz CT molecular complexity index is 799. The lowest BCUT2D eigenvalue weighted by Crippen LogP contribution is -2.42. The van der Waals surface area contributed by atoms with Crippen LogP contribution in [0.15, 0.2) is 12.4 Å². The van der Waals surface area contributed by atoms with Crippen LogP contribution in [-0.2, 0) is 16.0 Å². The van der Waals surface area contributed by atoms with Crippen LogP contribution in [0.5, 0.6) is 0 Å². The van der Waals surface area contributed by atoms with Crippen LogP contribution in [0.4, 0.5) is 5.95 Å². The fourth-order valence-electron chi connectivity index (χ4n) is 3.74. The summed E-state index contributed by atoms with van der Waals surface area (Å²) in [5.74, 6) is 0.433. The molecule has 0 spiro atoms. The van der Waals surface area contributed by atoms with E-state index >= 15 is 0 Å². The molecule has 8 nitrogen and oxygen atoms in total. The van der Waals surface area contributed by atoms with Gasteiger partial charge in [0.1, 0.15) is 0 Å². The van der Waals surface area contributed by atoms with Gasteiger partial charge in [0.2, 0.25) is 5.95 Å². The van der Waals surface area contributed by atoms with E-state index in [-0.39, 0.29) is 12.1 Å². The standard InChI is InChI=1S/C18H24ClN5O3/c1-26-15-4-2-3-6-24-17(15)11(8-21-24)16-12(19)9-20-18(23-16)22-13-5-7-27-10-14(13)25/h8-9,13-15,25H,2-7,10H2,1H3,(H,20,22,23)/t13-,14-,15-/m1/s1. The largest absolute Gasteiger partial charge is 0.389 e. The molecular weight excluding hydrogens is 370 g/mol. The highest BCUT2D eigenvalue weighted by atomic mass is 35.5. The minimum atomic E-state index is -0.591. The summed E-state index contributed by atoms with van der Waals surface area (Å²) in [6.07, 6.45) is 6.55. The van der Waals surface area contributed by atoms with Gasteiger partial charge in [0.25, 0.3) is 0 Å². The normalized spacial score (nSPS) is 25.7. The number of aliphatic hydroxyl groups excluding tert-OH is 1. The minimum absolute atomic E-state index is 0.0373. The average Bonchev–Trinajstić information content (AvgIpc) is 2.98. The molecule has 146 valence electrons. The number of halogens is 1. The van der Waals surface area contributed by atoms with Crippen LogP contribution in [0.2, 0.25) is 5.02 Å². The molecule has 2 aromatic rings. The van der Waals surface area contributed by atoms with E-state index in [9.17, 15) is 5.11 Å². The average molecular weight is 394 g/mol. The summed E-state index contributed by atoms with van der Waals surface area (Å²) in [6.45, 7) is 1.77. The first-order valence-electron chi connectivity index (χ1n) is 9.31. The molecule has 0 bridgehead atoms. The molecule has 1 saturated heterocycles. The molecule has 2 aromatic heterocycles. The third-order valence-electron chi connectivity index (χ3n) is 5.20. The monoisotopic (exact) mass is 393 g/mol. The van der Waals surface area contributed by atoms with Crippen molar-refractivity contribution in [3.8, 4) is 11.3 Å². The molecule has 2 aliphatic heterocycles. The number of hydrogen-bond acceptors (Lipinski definition) is 7. The molecule has 27 heavy (non-hydrogen) atoms. The molecule has 0 unspecified atom stereocenters. The minimum Gasteiger partial charge on any atom is -0.389 e. The van der Waals surface area contributed by atoms with E-state index < -0.39 is 6.10 Å².